The minimum atomic E-state index is -3.81. The van der Waals surface area contributed by atoms with Gasteiger partial charge in [-0.2, -0.15) is 0 Å². The van der Waals surface area contributed by atoms with Gasteiger partial charge in [-0.3, -0.25) is 0 Å². The highest BCUT2D eigenvalue weighted by Crippen LogP contribution is 2.35. The third-order valence-corrected chi connectivity index (χ3v) is 6.24. The third kappa shape index (κ3) is 4.28. The summed E-state index contributed by atoms with van der Waals surface area (Å²) < 4.78 is 28.4. The number of β-amino-alcohol motifs (C(OH)–C–C–N with tert-alkyl or cyclic N) is 1. The molecule has 0 spiro atoms. The average Bonchev–Trinajstić information content (AvgIpc) is 3.13. The molecule has 0 amide bonds. The van der Waals surface area contributed by atoms with E-state index >= 15 is 0 Å². The summed E-state index contributed by atoms with van der Waals surface area (Å²) in [6.07, 6.45) is 0. The van der Waals surface area contributed by atoms with Crippen LogP contribution in [0.2, 0.25) is 5.02 Å². The molecule has 3 aromatic carbocycles. The molecule has 31 heavy (non-hydrogen) atoms. The van der Waals surface area contributed by atoms with Gasteiger partial charge < -0.3 is 14.7 Å². The summed E-state index contributed by atoms with van der Waals surface area (Å²) in [5, 5.41) is 17.2. The number of aliphatic imine (C=N–C) groups is 1. The van der Waals surface area contributed by atoms with Crippen LogP contribution >= 0.6 is 11.6 Å². The zero-order valence-corrected chi connectivity index (χ0v) is 18.1. The summed E-state index contributed by atoms with van der Waals surface area (Å²) in [4.78, 5) is 6.47. The summed E-state index contributed by atoms with van der Waals surface area (Å²) >= 11 is 6.03. The van der Waals surface area contributed by atoms with Gasteiger partial charge in [-0.15, -0.1) is 0 Å². The number of hydrogen-bond acceptors (Lipinski definition) is 6. The van der Waals surface area contributed by atoms with E-state index in [1.807, 2.05) is 17.0 Å². The number of methoxy groups -OCH3 is 1. The van der Waals surface area contributed by atoms with E-state index in [4.69, 9.17) is 21.5 Å². The van der Waals surface area contributed by atoms with Gasteiger partial charge in [0.1, 0.15) is 11.6 Å². The second-order valence-electron chi connectivity index (χ2n) is 7.11. The highest BCUT2D eigenvalue weighted by atomic mass is 35.5. The van der Waals surface area contributed by atoms with Gasteiger partial charge in [0.15, 0.2) is 0 Å². The van der Waals surface area contributed by atoms with Crippen molar-refractivity contribution in [3.8, 4) is 5.75 Å². The fourth-order valence-corrected chi connectivity index (χ4v) is 4.07. The molecule has 4 rings (SSSR count). The van der Waals surface area contributed by atoms with Crippen LogP contribution in [0.25, 0.3) is 0 Å². The minimum Gasteiger partial charge on any atom is -0.497 e. The lowest BCUT2D eigenvalue weighted by atomic mass is 10.0. The van der Waals surface area contributed by atoms with Crippen molar-refractivity contribution in [3.05, 3.63) is 88.9 Å². The molecule has 160 valence electrons. The largest absolute Gasteiger partial charge is 0.497 e. The molecule has 0 aliphatic carbocycles. The molecule has 1 unspecified atom stereocenters. The molecular formula is C22H20ClN3O4S. The lowest BCUT2D eigenvalue weighted by Crippen LogP contribution is -2.34. The van der Waals surface area contributed by atoms with Crippen molar-refractivity contribution < 1.29 is 18.3 Å². The number of aliphatic hydroxyl groups is 1. The number of ether oxygens (including phenoxy) is 1. The lowest BCUT2D eigenvalue weighted by Gasteiger charge is -2.25. The number of anilines is 1. The van der Waals surface area contributed by atoms with Gasteiger partial charge in [-0.25, -0.2) is 18.5 Å². The molecule has 1 heterocycles. The summed E-state index contributed by atoms with van der Waals surface area (Å²) in [6.45, 7) is 0.131. The number of halogens is 1. The average molecular weight is 458 g/mol. The molecule has 0 bridgehead atoms. The quantitative estimate of drug-likeness (QED) is 0.612. The fourth-order valence-electron chi connectivity index (χ4n) is 3.43. The Morgan fingerprint density at radius 2 is 1.65 bits per heavy atom. The zero-order valence-electron chi connectivity index (χ0n) is 16.6. The molecule has 0 saturated heterocycles. The van der Waals surface area contributed by atoms with E-state index in [0.29, 0.717) is 27.9 Å². The summed E-state index contributed by atoms with van der Waals surface area (Å²) in [5.74, 6) is 1.20. The third-order valence-electron chi connectivity index (χ3n) is 5.06. The molecule has 0 saturated carbocycles. The van der Waals surface area contributed by atoms with Crippen molar-refractivity contribution in [1.29, 1.82) is 0 Å². The highest BCUT2D eigenvalue weighted by Gasteiger charge is 2.40. The SMILES string of the molecule is COc1ccc(C2(O)CN(c3ccc(S(N)(=O)=O)cc3)C(c3ccc(Cl)cc3)=N2)cc1. The van der Waals surface area contributed by atoms with Gasteiger partial charge in [0.25, 0.3) is 0 Å². The Morgan fingerprint density at radius 1 is 1.03 bits per heavy atom. The molecule has 1 atom stereocenters. The van der Waals surface area contributed by atoms with Gasteiger partial charge in [0.05, 0.1) is 18.6 Å². The lowest BCUT2D eigenvalue weighted by molar-refractivity contribution is 0.0647. The Balaban J connectivity index is 1.78. The zero-order chi connectivity index (χ0) is 22.2. The molecule has 1 aliphatic heterocycles. The first-order chi connectivity index (χ1) is 14.7. The van der Waals surface area contributed by atoms with Crippen LogP contribution in [0.5, 0.6) is 5.75 Å². The number of amidine groups is 1. The van der Waals surface area contributed by atoms with E-state index in [1.54, 1.807) is 55.6 Å². The van der Waals surface area contributed by atoms with Crippen LogP contribution in [0.15, 0.2) is 82.7 Å². The van der Waals surface area contributed by atoms with Crippen molar-refractivity contribution in [2.45, 2.75) is 10.6 Å². The molecular weight excluding hydrogens is 438 g/mol. The van der Waals surface area contributed by atoms with Crippen LogP contribution in [0, 0.1) is 0 Å². The molecule has 0 fully saturated rings. The predicted molar refractivity (Wildman–Crippen MR) is 120 cm³/mol. The second-order valence-corrected chi connectivity index (χ2v) is 9.11. The van der Waals surface area contributed by atoms with Crippen molar-refractivity contribution in [1.82, 2.24) is 0 Å². The van der Waals surface area contributed by atoms with Crippen LogP contribution < -0.4 is 14.8 Å². The number of sulfonamides is 1. The molecule has 7 nitrogen and oxygen atoms in total. The Hall–Kier alpha value is -2.91. The number of rotatable bonds is 5. The van der Waals surface area contributed by atoms with Crippen molar-refractivity contribution in [2.24, 2.45) is 10.1 Å². The smallest absolute Gasteiger partial charge is 0.238 e. The first-order valence-corrected chi connectivity index (χ1v) is 11.3. The molecule has 9 heteroatoms. The van der Waals surface area contributed by atoms with Crippen molar-refractivity contribution in [3.63, 3.8) is 0 Å². The van der Waals surface area contributed by atoms with Gasteiger partial charge in [0.2, 0.25) is 15.7 Å². The van der Waals surface area contributed by atoms with E-state index in [9.17, 15) is 13.5 Å². The van der Waals surface area contributed by atoms with E-state index in [0.717, 1.165) is 5.56 Å². The van der Waals surface area contributed by atoms with Crippen LogP contribution in [0.4, 0.5) is 5.69 Å². The normalized spacial score (nSPS) is 18.7. The van der Waals surface area contributed by atoms with Gasteiger partial charge in [0, 0.05) is 21.8 Å². The Labute approximate surface area is 185 Å². The summed E-state index contributed by atoms with van der Waals surface area (Å²) in [7, 11) is -2.24. The van der Waals surface area contributed by atoms with Crippen LogP contribution in [-0.2, 0) is 15.7 Å². The number of hydrogen-bond donors (Lipinski definition) is 2. The van der Waals surface area contributed by atoms with Crippen LogP contribution in [0.3, 0.4) is 0 Å². The monoisotopic (exact) mass is 457 g/mol. The van der Waals surface area contributed by atoms with E-state index in [-0.39, 0.29) is 11.4 Å². The number of nitrogens with zero attached hydrogens (tertiary/aromatic N) is 2. The molecule has 0 aromatic heterocycles. The maximum Gasteiger partial charge on any atom is 0.238 e. The van der Waals surface area contributed by atoms with Gasteiger partial charge in [-0.1, -0.05) is 23.7 Å². The fraction of sp³-hybridized carbons (Fsp3) is 0.136. The van der Waals surface area contributed by atoms with Crippen LogP contribution in [0.1, 0.15) is 11.1 Å². The summed E-state index contributed by atoms with van der Waals surface area (Å²) in [5.41, 5.74) is 0.498. The molecule has 0 radical (unpaired) electrons. The molecule has 3 N–H and O–H groups in total. The Bertz CT molecular complexity index is 1230. The minimum absolute atomic E-state index is 0.00541. The Morgan fingerprint density at radius 3 is 2.19 bits per heavy atom. The molecule has 3 aromatic rings. The number of primary sulfonamides is 1. The standard InChI is InChI=1S/C22H20ClN3O4S/c1-30-19-10-4-16(5-11-19)22(27)14-26(18-8-12-20(13-9-18)31(24,28)29)21(25-22)15-2-6-17(23)7-3-15/h2-13,27H,14H2,1H3,(H2,24,28,29). The van der Waals surface area contributed by atoms with E-state index in [1.165, 1.54) is 12.1 Å². The van der Waals surface area contributed by atoms with E-state index < -0.39 is 15.7 Å². The maximum atomic E-state index is 11.6. The van der Waals surface area contributed by atoms with Gasteiger partial charge in [-0.05, 0) is 60.7 Å². The molecule has 1 aliphatic rings. The van der Waals surface area contributed by atoms with Crippen LogP contribution in [-0.4, -0.2) is 33.0 Å². The van der Waals surface area contributed by atoms with E-state index in [2.05, 4.69) is 4.99 Å². The van der Waals surface area contributed by atoms with Crippen molar-refractivity contribution in [2.75, 3.05) is 18.6 Å². The Kier molecular flexibility index (Phi) is 5.49. The first-order valence-electron chi connectivity index (χ1n) is 9.33. The number of nitrogens with two attached hydrogens (primary N) is 1. The maximum absolute atomic E-state index is 11.6. The topological polar surface area (TPSA) is 105 Å². The second kappa shape index (κ2) is 7.97. The van der Waals surface area contributed by atoms with Crippen molar-refractivity contribution >= 4 is 33.1 Å². The highest BCUT2D eigenvalue weighted by molar-refractivity contribution is 7.89. The first kappa shape index (κ1) is 21.3. The summed E-state index contributed by atoms with van der Waals surface area (Å²) in [6, 6.07) is 20.3. The predicted octanol–water partition coefficient (Wildman–Crippen LogP) is 3.11. The van der Waals surface area contributed by atoms with Gasteiger partial charge >= 0.3 is 0 Å². The number of benzene rings is 3.